The number of Topliss-reactive ketones (excluding diaryl/α,β-unsaturated/α-hetero) is 1. The highest BCUT2D eigenvalue weighted by Gasteiger charge is 2.17. The molecule has 0 amide bonds. The summed E-state index contributed by atoms with van der Waals surface area (Å²) in [7, 11) is 0. The number of hydrogen-bond acceptors (Lipinski definition) is 1. The lowest BCUT2D eigenvalue weighted by Gasteiger charge is -2.13. The molecule has 3 heteroatoms. The number of carbonyl (C=O) groups excluding carboxylic acids is 1. The van der Waals surface area contributed by atoms with Gasteiger partial charge in [-0.25, -0.2) is 4.39 Å². The molecule has 0 fully saturated rings. The van der Waals surface area contributed by atoms with Crippen LogP contribution in [0, 0.1) is 11.7 Å². The Morgan fingerprint density at radius 3 is 2.72 bits per heavy atom. The zero-order valence-corrected chi connectivity index (χ0v) is 11.8. The molecule has 100 valence electrons. The van der Waals surface area contributed by atoms with Gasteiger partial charge >= 0.3 is 0 Å². The van der Waals surface area contributed by atoms with Crippen LogP contribution in [0.5, 0.6) is 0 Å². The first kappa shape index (κ1) is 15.2. The summed E-state index contributed by atoms with van der Waals surface area (Å²) < 4.78 is 13.7. The molecule has 0 N–H and O–H groups in total. The topological polar surface area (TPSA) is 17.1 Å². The molecule has 0 saturated carbocycles. The smallest absolute Gasteiger partial charge is 0.166 e. The molecule has 18 heavy (non-hydrogen) atoms. The highest BCUT2D eigenvalue weighted by molar-refractivity contribution is 6.31. The third-order valence-electron chi connectivity index (χ3n) is 3.27. The van der Waals surface area contributed by atoms with E-state index in [1.165, 1.54) is 12.1 Å². The van der Waals surface area contributed by atoms with Crippen LogP contribution in [-0.2, 0) is 0 Å². The first-order valence-electron chi connectivity index (χ1n) is 6.57. The largest absolute Gasteiger partial charge is 0.294 e. The minimum absolute atomic E-state index is 0.0162. The molecule has 0 bridgehead atoms. The van der Waals surface area contributed by atoms with Gasteiger partial charge in [0.1, 0.15) is 0 Å². The van der Waals surface area contributed by atoms with Crippen molar-refractivity contribution in [2.45, 2.75) is 46.0 Å². The number of carbonyl (C=O) groups is 1. The average molecular weight is 271 g/mol. The van der Waals surface area contributed by atoms with Crippen molar-refractivity contribution < 1.29 is 9.18 Å². The van der Waals surface area contributed by atoms with Gasteiger partial charge in [0.25, 0.3) is 0 Å². The summed E-state index contributed by atoms with van der Waals surface area (Å²) in [5, 5.41) is 0.0162. The summed E-state index contributed by atoms with van der Waals surface area (Å²) in [6.45, 7) is 4.20. The third kappa shape index (κ3) is 4.09. The van der Waals surface area contributed by atoms with Crippen molar-refractivity contribution in [1.29, 1.82) is 0 Å². The Morgan fingerprint density at radius 1 is 1.39 bits per heavy atom. The molecule has 1 aromatic rings. The first-order valence-corrected chi connectivity index (χ1v) is 6.95. The quantitative estimate of drug-likeness (QED) is 0.617. The number of ketones is 1. The van der Waals surface area contributed by atoms with E-state index in [1.54, 1.807) is 6.07 Å². The molecule has 1 nitrogen and oxygen atoms in total. The molecule has 1 rings (SSSR count). The second-order valence-corrected chi connectivity index (χ2v) is 5.05. The Kier molecular flexibility index (Phi) is 6.34. The first-order chi connectivity index (χ1) is 8.60. The van der Waals surface area contributed by atoms with Crippen LogP contribution in [0.4, 0.5) is 4.39 Å². The normalized spacial score (nSPS) is 12.4. The molecule has 1 aromatic carbocycles. The van der Waals surface area contributed by atoms with Gasteiger partial charge in [-0.3, -0.25) is 4.79 Å². The molecule has 0 aliphatic rings. The van der Waals surface area contributed by atoms with Gasteiger partial charge in [0, 0.05) is 6.42 Å². The van der Waals surface area contributed by atoms with Crippen molar-refractivity contribution in [1.82, 2.24) is 0 Å². The number of benzene rings is 1. The second kappa shape index (κ2) is 7.52. The van der Waals surface area contributed by atoms with E-state index in [0.29, 0.717) is 12.3 Å². The van der Waals surface area contributed by atoms with Crippen LogP contribution in [0.15, 0.2) is 18.2 Å². The molecule has 0 spiro atoms. The van der Waals surface area contributed by atoms with Crippen LogP contribution in [0.2, 0.25) is 5.02 Å². The fourth-order valence-electron chi connectivity index (χ4n) is 2.03. The molecule has 0 aliphatic heterocycles. The van der Waals surface area contributed by atoms with Gasteiger partial charge in [0.2, 0.25) is 0 Å². The maximum atomic E-state index is 13.7. The van der Waals surface area contributed by atoms with E-state index in [0.717, 1.165) is 25.7 Å². The molecule has 1 unspecified atom stereocenters. The van der Waals surface area contributed by atoms with Gasteiger partial charge in [0.05, 0.1) is 10.6 Å². The lowest BCUT2D eigenvalue weighted by Crippen LogP contribution is -2.10. The molecule has 0 aromatic heterocycles. The summed E-state index contributed by atoms with van der Waals surface area (Å²) in [5.74, 6) is -0.386. The van der Waals surface area contributed by atoms with E-state index in [2.05, 4.69) is 13.8 Å². The van der Waals surface area contributed by atoms with E-state index in [9.17, 15) is 9.18 Å². The molecular formula is C15H20ClFO. The van der Waals surface area contributed by atoms with Crippen molar-refractivity contribution in [3.05, 3.63) is 34.6 Å². The maximum Gasteiger partial charge on any atom is 0.166 e. The van der Waals surface area contributed by atoms with E-state index in [1.807, 2.05) is 0 Å². The zero-order valence-electron chi connectivity index (χ0n) is 11.0. The number of hydrogen-bond donors (Lipinski definition) is 0. The standard InChI is InChI=1S/C15H20ClFO/c1-3-5-7-11(4-2)10-14(18)12-8-6-9-13(16)15(12)17/h6,8-9,11H,3-5,7,10H2,1-2H3. The van der Waals surface area contributed by atoms with Gasteiger partial charge in [-0.2, -0.15) is 0 Å². The molecule has 0 aliphatic carbocycles. The third-order valence-corrected chi connectivity index (χ3v) is 3.56. The molecule has 0 heterocycles. The van der Waals surface area contributed by atoms with Crippen LogP contribution in [0.25, 0.3) is 0 Å². The SMILES string of the molecule is CCCCC(CC)CC(=O)c1cccc(Cl)c1F. The Morgan fingerprint density at radius 2 is 2.11 bits per heavy atom. The monoisotopic (exact) mass is 270 g/mol. The van der Waals surface area contributed by atoms with Gasteiger partial charge in [-0.05, 0) is 18.1 Å². The maximum absolute atomic E-state index is 13.7. The van der Waals surface area contributed by atoms with Crippen LogP contribution in [0.3, 0.4) is 0 Å². The average Bonchev–Trinajstić information content (AvgIpc) is 2.37. The van der Waals surface area contributed by atoms with E-state index >= 15 is 0 Å². The fraction of sp³-hybridized carbons (Fsp3) is 0.533. The Bertz CT molecular complexity index is 403. The minimum Gasteiger partial charge on any atom is -0.294 e. The second-order valence-electron chi connectivity index (χ2n) is 4.65. The van der Waals surface area contributed by atoms with Crippen molar-refractivity contribution in [3.8, 4) is 0 Å². The Balaban J connectivity index is 2.72. The molecule has 1 atom stereocenters. The molecule has 0 saturated heterocycles. The summed E-state index contributed by atoms with van der Waals surface area (Å²) in [6.07, 6.45) is 4.63. The van der Waals surface area contributed by atoms with Crippen LogP contribution in [0.1, 0.15) is 56.3 Å². The van der Waals surface area contributed by atoms with Gasteiger partial charge in [-0.15, -0.1) is 0 Å². The molecule has 0 radical (unpaired) electrons. The Labute approximate surface area is 113 Å². The van der Waals surface area contributed by atoms with Crippen LogP contribution in [-0.4, -0.2) is 5.78 Å². The highest BCUT2D eigenvalue weighted by Crippen LogP contribution is 2.23. The fourth-order valence-corrected chi connectivity index (χ4v) is 2.21. The highest BCUT2D eigenvalue weighted by atomic mass is 35.5. The summed E-state index contributed by atoms with van der Waals surface area (Å²) in [5.41, 5.74) is 0.123. The molecular weight excluding hydrogens is 251 g/mol. The predicted octanol–water partition coefficient (Wildman–Crippen LogP) is 5.27. The zero-order chi connectivity index (χ0) is 13.5. The van der Waals surface area contributed by atoms with Crippen LogP contribution < -0.4 is 0 Å². The summed E-state index contributed by atoms with van der Waals surface area (Å²) in [4.78, 5) is 12.1. The minimum atomic E-state index is -0.588. The van der Waals surface area contributed by atoms with E-state index in [4.69, 9.17) is 11.6 Å². The van der Waals surface area contributed by atoms with Crippen molar-refractivity contribution in [2.24, 2.45) is 5.92 Å². The van der Waals surface area contributed by atoms with Crippen molar-refractivity contribution in [3.63, 3.8) is 0 Å². The van der Waals surface area contributed by atoms with Gasteiger partial charge < -0.3 is 0 Å². The lowest BCUT2D eigenvalue weighted by atomic mass is 9.91. The van der Waals surface area contributed by atoms with Gasteiger partial charge in [0.15, 0.2) is 11.6 Å². The van der Waals surface area contributed by atoms with Gasteiger partial charge in [-0.1, -0.05) is 57.2 Å². The Hall–Kier alpha value is -0.890. The number of halogens is 2. The number of unbranched alkanes of at least 4 members (excludes halogenated alkanes) is 1. The predicted molar refractivity (Wildman–Crippen MR) is 73.7 cm³/mol. The van der Waals surface area contributed by atoms with E-state index in [-0.39, 0.29) is 16.4 Å². The van der Waals surface area contributed by atoms with Crippen LogP contribution >= 0.6 is 11.6 Å². The van der Waals surface area contributed by atoms with E-state index < -0.39 is 5.82 Å². The summed E-state index contributed by atoms with van der Waals surface area (Å²) >= 11 is 5.68. The lowest BCUT2D eigenvalue weighted by molar-refractivity contribution is 0.0953. The van der Waals surface area contributed by atoms with Crippen molar-refractivity contribution >= 4 is 17.4 Å². The van der Waals surface area contributed by atoms with Crippen molar-refractivity contribution in [2.75, 3.05) is 0 Å². The number of rotatable bonds is 7. The summed E-state index contributed by atoms with van der Waals surface area (Å²) in [6, 6.07) is 4.59.